The standard InChI is InChI=1S/C33H52O3SSi/c1-11-27-17-18-28-25(14-12-20-32(27,28)8)15-16-26-22-33(35,37-21-13-19-31(6,7)34)23-29(24(26)2)36-38(9,10)30(3,4)5/h15-17,28-29,34-35H,2,11-12,14,18,20-23H2,1,3-10H3/t28-,29-,32+,33-/m0/s1. The maximum absolute atomic E-state index is 11.8. The van der Waals surface area contributed by atoms with Crippen molar-refractivity contribution in [3.63, 3.8) is 0 Å². The van der Waals surface area contributed by atoms with Crippen LogP contribution in [0.15, 0.2) is 47.1 Å². The molecule has 0 aromatic heterocycles. The van der Waals surface area contributed by atoms with E-state index >= 15 is 0 Å². The minimum absolute atomic E-state index is 0.0685. The molecular weight excluding hydrogens is 505 g/mol. The summed E-state index contributed by atoms with van der Waals surface area (Å²) in [5.74, 6) is 6.96. The predicted molar refractivity (Wildman–Crippen MR) is 167 cm³/mol. The van der Waals surface area contributed by atoms with E-state index in [0.29, 0.717) is 29.9 Å². The van der Waals surface area contributed by atoms with Crippen LogP contribution < -0.4 is 0 Å². The summed E-state index contributed by atoms with van der Waals surface area (Å²) in [7, 11) is -2.08. The van der Waals surface area contributed by atoms with Crippen molar-refractivity contribution in [1.29, 1.82) is 0 Å². The van der Waals surface area contributed by atoms with Gasteiger partial charge in [-0.3, -0.25) is 0 Å². The highest BCUT2D eigenvalue weighted by molar-refractivity contribution is 8.00. The fraction of sp³-hybridized carbons (Fsp3) is 0.697. The van der Waals surface area contributed by atoms with Crippen LogP contribution in [0.3, 0.4) is 0 Å². The summed E-state index contributed by atoms with van der Waals surface area (Å²) in [6.45, 7) is 23.9. The fourth-order valence-corrected chi connectivity index (χ4v) is 8.34. The van der Waals surface area contributed by atoms with Gasteiger partial charge in [-0.15, -0.1) is 11.8 Å². The second-order valence-corrected chi connectivity index (χ2v) is 20.0. The molecule has 2 N–H and O–H groups in total. The smallest absolute Gasteiger partial charge is 0.192 e. The van der Waals surface area contributed by atoms with Crippen molar-refractivity contribution in [2.24, 2.45) is 11.3 Å². The van der Waals surface area contributed by atoms with Gasteiger partial charge in [0, 0.05) is 12.8 Å². The molecule has 3 rings (SSSR count). The first-order valence-corrected chi connectivity index (χ1v) is 18.3. The Labute approximate surface area is 238 Å². The number of fused-ring (bicyclic) bond motifs is 1. The lowest BCUT2D eigenvalue weighted by Crippen LogP contribution is -2.48. The molecule has 4 atom stereocenters. The molecule has 0 aliphatic heterocycles. The third-order valence-corrected chi connectivity index (χ3v) is 15.0. The van der Waals surface area contributed by atoms with Gasteiger partial charge in [-0.1, -0.05) is 82.4 Å². The molecule has 0 bridgehead atoms. The number of thioether (sulfide) groups is 1. The van der Waals surface area contributed by atoms with Crippen LogP contribution in [0.4, 0.5) is 0 Å². The van der Waals surface area contributed by atoms with Gasteiger partial charge in [-0.05, 0) is 86.6 Å². The van der Waals surface area contributed by atoms with Crippen LogP contribution in [-0.4, -0.2) is 40.9 Å². The lowest BCUT2D eigenvalue weighted by molar-refractivity contribution is 0.0651. The first-order chi connectivity index (χ1) is 17.4. The average molecular weight is 557 g/mol. The lowest BCUT2D eigenvalue weighted by atomic mass is 9.64. The largest absolute Gasteiger partial charge is 0.410 e. The molecular formula is C33H52O3SSi. The van der Waals surface area contributed by atoms with E-state index in [1.54, 1.807) is 25.0 Å². The molecule has 0 spiro atoms. The lowest BCUT2D eigenvalue weighted by Gasteiger charge is -2.45. The van der Waals surface area contributed by atoms with E-state index < -0.39 is 18.9 Å². The highest BCUT2D eigenvalue weighted by Crippen LogP contribution is 2.55. The molecule has 0 aromatic rings. The number of rotatable bonds is 6. The Kier molecular flexibility index (Phi) is 9.49. The van der Waals surface area contributed by atoms with Crippen LogP contribution in [0.1, 0.15) is 93.4 Å². The Morgan fingerprint density at radius 3 is 2.53 bits per heavy atom. The van der Waals surface area contributed by atoms with Crippen molar-refractivity contribution in [1.82, 2.24) is 0 Å². The molecule has 0 aromatic carbocycles. The second kappa shape index (κ2) is 11.5. The molecule has 212 valence electrons. The Morgan fingerprint density at radius 2 is 1.92 bits per heavy atom. The van der Waals surface area contributed by atoms with Gasteiger partial charge in [-0.2, -0.15) is 0 Å². The van der Waals surface area contributed by atoms with Gasteiger partial charge >= 0.3 is 0 Å². The summed E-state index contributed by atoms with van der Waals surface area (Å²) in [4.78, 5) is -0.988. The number of aliphatic hydroxyl groups is 2. The van der Waals surface area contributed by atoms with Crippen molar-refractivity contribution in [3.05, 3.63) is 47.1 Å². The highest BCUT2D eigenvalue weighted by Gasteiger charge is 2.46. The van der Waals surface area contributed by atoms with Crippen LogP contribution in [0.25, 0.3) is 0 Å². The van der Waals surface area contributed by atoms with E-state index in [1.165, 1.54) is 24.6 Å². The molecule has 3 aliphatic rings. The Hall–Kier alpha value is -1.03. The Balaban J connectivity index is 1.90. The first-order valence-electron chi connectivity index (χ1n) is 14.5. The Morgan fingerprint density at radius 1 is 1.24 bits per heavy atom. The zero-order valence-electron chi connectivity index (χ0n) is 25.5. The van der Waals surface area contributed by atoms with Crippen molar-refractivity contribution in [2.45, 2.75) is 128 Å². The number of allylic oxidation sites excluding steroid dienone is 5. The molecule has 0 saturated heterocycles. The summed E-state index contributed by atoms with van der Waals surface area (Å²) in [6.07, 6.45) is 13.8. The normalized spacial score (nSPS) is 32.7. The van der Waals surface area contributed by atoms with Crippen molar-refractivity contribution < 1.29 is 14.6 Å². The zero-order chi connectivity index (χ0) is 28.6. The minimum Gasteiger partial charge on any atom is -0.410 e. The summed E-state index contributed by atoms with van der Waals surface area (Å²) < 4.78 is 6.87. The van der Waals surface area contributed by atoms with Crippen LogP contribution in [-0.2, 0) is 4.43 Å². The predicted octanol–water partition coefficient (Wildman–Crippen LogP) is 8.32. The summed E-state index contributed by atoms with van der Waals surface area (Å²) in [6, 6.07) is 0. The molecule has 2 fully saturated rings. The van der Waals surface area contributed by atoms with E-state index in [1.807, 2.05) is 0 Å². The van der Waals surface area contributed by atoms with Gasteiger partial charge in [0.15, 0.2) is 8.32 Å². The van der Waals surface area contributed by atoms with Crippen LogP contribution in [0.5, 0.6) is 0 Å². The minimum atomic E-state index is -2.08. The molecule has 0 radical (unpaired) electrons. The second-order valence-electron chi connectivity index (χ2n) is 13.9. The molecule has 0 heterocycles. The third-order valence-electron chi connectivity index (χ3n) is 9.41. The van der Waals surface area contributed by atoms with Gasteiger partial charge in [0.25, 0.3) is 0 Å². The first kappa shape index (κ1) is 31.5. The van der Waals surface area contributed by atoms with E-state index in [4.69, 9.17) is 4.43 Å². The van der Waals surface area contributed by atoms with E-state index in [0.717, 1.165) is 30.4 Å². The quantitative estimate of drug-likeness (QED) is 0.149. The summed E-state index contributed by atoms with van der Waals surface area (Å²) in [5, 5.41) is 21.8. The van der Waals surface area contributed by atoms with Crippen LogP contribution >= 0.6 is 11.8 Å². The topological polar surface area (TPSA) is 49.7 Å². The molecule has 38 heavy (non-hydrogen) atoms. The maximum atomic E-state index is 11.8. The molecule has 3 aliphatic carbocycles. The monoisotopic (exact) mass is 556 g/mol. The molecule has 5 heteroatoms. The van der Waals surface area contributed by atoms with E-state index in [-0.39, 0.29) is 11.1 Å². The van der Waals surface area contributed by atoms with Crippen molar-refractivity contribution >= 4 is 20.1 Å². The molecule has 2 saturated carbocycles. The summed E-state index contributed by atoms with van der Waals surface area (Å²) >= 11 is 1.46. The number of hydrogen-bond donors (Lipinski definition) is 2. The third kappa shape index (κ3) is 7.18. The van der Waals surface area contributed by atoms with Crippen LogP contribution in [0.2, 0.25) is 18.1 Å². The van der Waals surface area contributed by atoms with Gasteiger partial charge in [-0.25, -0.2) is 0 Å². The highest BCUT2D eigenvalue weighted by atomic mass is 32.2. The van der Waals surface area contributed by atoms with Gasteiger partial charge in [0.2, 0.25) is 0 Å². The van der Waals surface area contributed by atoms with Crippen LogP contribution in [0, 0.1) is 23.2 Å². The Bertz CT molecular complexity index is 1060. The fourth-order valence-electron chi connectivity index (χ4n) is 6.11. The molecule has 0 unspecified atom stereocenters. The number of hydrogen-bond acceptors (Lipinski definition) is 4. The van der Waals surface area contributed by atoms with Crippen molar-refractivity contribution in [3.8, 4) is 11.8 Å². The molecule has 3 nitrogen and oxygen atoms in total. The van der Waals surface area contributed by atoms with E-state index in [2.05, 4.69) is 84.4 Å². The maximum Gasteiger partial charge on any atom is 0.192 e. The summed E-state index contributed by atoms with van der Waals surface area (Å²) in [5.41, 5.74) is 4.53. The van der Waals surface area contributed by atoms with Crippen molar-refractivity contribution in [2.75, 3.05) is 5.75 Å². The molecule has 0 amide bonds. The average Bonchev–Trinajstić information content (AvgIpc) is 3.13. The van der Waals surface area contributed by atoms with E-state index in [9.17, 15) is 10.2 Å². The van der Waals surface area contributed by atoms with Gasteiger partial charge in [0.05, 0.1) is 11.9 Å². The zero-order valence-corrected chi connectivity index (χ0v) is 27.3. The SMILES string of the molecule is C=C1C(=CC=C2CCC[C@]3(C)C(CC)=CC[C@@H]23)C[C@](O)(SCC#CC(C)(C)O)C[C@@H]1O[Si](C)(C)C(C)(C)C. The van der Waals surface area contributed by atoms with Gasteiger partial charge < -0.3 is 14.6 Å². The van der Waals surface area contributed by atoms with Gasteiger partial charge in [0.1, 0.15) is 10.5 Å².